The fourth-order valence-corrected chi connectivity index (χ4v) is 3.40. The monoisotopic (exact) mass is 465 g/mol. The minimum Gasteiger partial charge on any atom is -0.484 e. The summed E-state index contributed by atoms with van der Waals surface area (Å²) in [5, 5.41) is 6.36. The highest BCUT2D eigenvalue weighted by Gasteiger charge is 2.09. The number of fused-ring (bicyclic) bond motifs is 1. The summed E-state index contributed by atoms with van der Waals surface area (Å²) in [6.45, 7) is 1.87. The molecule has 0 atom stereocenters. The maximum atomic E-state index is 12.0. The Bertz CT molecular complexity index is 1250. The summed E-state index contributed by atoms with van der Waals surface area (Å²) in [6, 6.07) is 20.4. The molecule has 8 heteroatoms. The molecular formula is C24H20ClN3O3S. The SMILES string of the molecule is Cc1ccc2oc(Cc3ccc(NC(=S)NC(=O)COc4ccc(Cl)cc4)cc3)nc2c1. The Morgan fingerprint density at radius 3 is 2.59 bits per heavy atom. The molecule has 1 aromatic heterocycles. The minimum atomic E-state index is -0.361. The number of carbonyl (C=O) groups is 1. The summed E-state index contributed by atoms with van der Waals surface area (Å²) in [5.41, 5.74) is 4.59. The van der Waals surface area contributed by atoms with Crippen LogP contribution in [0.1, 0.15) is 17.0 Å². The lowest BCUT2D eigenvalue weighted by molar-refractivity contribution is -0.121. The van der Waals surface area contributed by atoms with Gasteiger partial charge in [-0.25, -0.2) is 4.98 Å². The Labute approximate surface area is 195 Å². The molecule has 0 bridgehead atoms. The van der Waals surface area contributed by atoms with Crippen LogP contribution < -0.4 is 15.4 Å². The molecule has 1 heterocycles. The third kappa shape index (κ3) is 5.84. The summed E-state index contributed by atoms with van der Waals surface area (Å²) in [6.07, 6.45) is 0.581. The lowest BCUT2D eigenvalue weighted by Gasteiger charge is -2.11. The molecule has 0 unspecified atom stereocenters. The number of nitrogens with zero attached hydrogens (tertiary/aromatic N) is 1. The van der Waals surface area contributed by atoms with Gasteiger partial charge in [0.05, 0.1) is 0 Å². The van der Waals surface area contributed by atoms with Gasteiger partial charge in [0.25, 0.3) is 5.91 Å². The van der Waals surface area contributed by atoms with Gasteiger partial charge in [-0.3, -0.25) is 10.1 Å². The molecular weight excluding hydrogens is 446 g/mol. The molecule has 2 N–H and O–H groups in total. The highest BCUT2D eigenvalue weighted by atomic mass is 35.5. The zero-order valence-electron chi connectivity index (χ0n) is 17.2. The van der Waals surface area contributed by atoms with Crippen molar-refractivity contribution < 1.29 is 13.9 Å². The molecule has 0 aliphatic carbocycles. The van der Waals surface area contributed by atoms with Gasteiger partial charge in [-0.2, -0.15) is 0 Å². The fraction of sp³-hybridized carbons (Fsp3) is 0.125. The number of aryl methyl sites for hydroxylation is 1. The maximum Gasteiger partial charge on any atom is 0.264 e. The van der Waals surface area contributed by atoms with Crippen molar-refractivity contribution in [1.29, 1.82) is 0 Å². The van der Waals surface area contributed by atoms with Gasteiger partial charge in [0.1, 0.15) is 11.3 Å². The molecule has 1 amide bonds. The van der Waals surface area contributed by atoms with Gasteiger partial charge < -0.3 is 14.5 Å². The van der Waals surface area contributed by atoms with Crippen LogP contribution in [-0.4, -0.2) is 22.6 Å². The van der Waals surface area contributed by atoms with Crippen molar-refractivity contribution >= 4 is 51.6 Å². The van der Waals surface area contributed by atoms with Crippen LogP contribution in [0.5, 0.6) is 5.75 Å². The standard InChI is InChI=1S/C24H20ClN3O3S/c1-15-2-11-21-20(12-15)27-23(31-21)13-16-3-7-18(8-4-16)26-24(32)28-22(29)14-30-19-9-5-17(25)6-10-19/h2-12H,13-14H2,1H3,(H2,26,28,29,32). The Hall–Kier alpha value is -3.42. The zero-order chi connectivity index (χ0) is 22.5. The third-order valence-corrected chi connectivity index (χ3v) is 5.05. The number of ether oxygens (including phenoxy) is 1. The number of rotatable bonds is 6. The first kappa shape index (κ1) is 21.8. The van der Waals surface area contributed by atoms with Gasteiger partial charge in [0, 0.05) is 17.1 Å². The number of thiocarbonyl (C=S) groups is 1. The van der Waals surface area contributed by atoms with Crippen molar-refractivity contribution in [3.63, 3.8) is 0 Å². The van der Waals surface area contributed by atoms with Gasteiger partial charge in [-0.15, -0.1) is 0 Å². The summed E-state index contributed by atoms with van der Waals surface area (Å²) < 4.78 is 11.2. The van der Waals surface area contributed by atoms with E-state index < -0.39 is 0 Å². The second-order valence-electron chi connectivity index (χ2n) is 7.20. The highest BCUT2D eigenvalue weighted by Crippen LogP contribution is 2.20. The molecule has 162 valence electrons. The minimum absolute atomic E-state index is 0.160. The first-order valence-electron chi connectivity index (χ1n) is 9.89. The van der Waals surface area contributed by atoms with E-state index in [-0.39, 0.29) is 17.6 Å². The van der Waals surface area contributed by atoms with Crippen LogP contribution in [0.3, 0.4) is 0 Å². The van der Waals surface area contributed by atoms with Crippen LogP contribution in [0.25, 0.3) is 11.1 Å². The lowest BCUT2D eigenvalue weighted by Crippen LogP contribution is -2.37. The quantitative estimate of drug-likeness (QED) is 0.378. The van der Waals surface area contributed by atoms with Gasteiger partial charge in [0.2, 0.25) is 0 Å². The molecule has 32 heavy (non-hydrogen) atoms. The Balaban J connectivity index is 1.27. The van der Waals surface area contributed by atoms with Gasteiger partial charge in [-0.1, -0.05) is 29.8 Å². The van der Waals surface area contributed by atoms with E-state index in [0.29, 0.717) is 23.1 Å². The van der Waals surface area contributed by atoms with Crippen molar-refractivity contribution in [3.05, 3.63) is 88.8 Å². The van der Waals surface area contributed by atoms with E-state index in [9.17, 15) is 4.79 Å². The number of halogens is 1. The number of nitrogens with one attached hydrogen (secondary N) is 2. The van der Waals surface area contributed by atoms with Crippen molar-refractivity contribution in [2.45, 2.75) is 13.3 Å². The maximum absolute atomic E-state index is 12.0. The topological polar surface area (TPSA) is 76.4 Å². The number of amides is 1. The Morgan fingerprint density at radius 1 is 1.09 bits per heavy atom. The molecule has 0 spiro atoms. The third-order valence-electron chi connectivity index (χ3n) is 4.59. The fourth-order valence-electron chi connectivity index (χ4n) is 3.05. The number of hydrogen-bond acceptors (Lipinski definition) is 5. The average Bonchev–Trinajstić information content (AvgIpc) is 3.16. The average molecular weight is 466 g/mol. The van der Waals surface area contributed by atoms with Crippen molar-refractivity contribution in [2.75, 3.05) is 11.9 Å². The molecule has 0 saturated heterocycles. The van der Waals surface area contributed by atoms with Crippen LogP contribution >= 0.6 is 23.8 Å². The normalized spacial score (nSPS) is 10.7. The summed E-state index contributed by atoms with van der Waals surface area (Å²) in [7, 11) is 0. The number of aromatic nitrogens is 1. The van der Waals surface area contributed by atoms with Crippen molar-refractivity contribution in [2.24, 2.45) is 0 Å². The van der Waals surface area contributed by atoms with Gasteiger partial charge in [-0.05, 0) is 78.8 Å². The molecule has 0 radical (unpaired) electrons. The van der Waals surface area contributed by atoms with Crippen molar-refractivity contribution in [3.8, 4) is 5.75 Å². The van der Waals surface area contributed by atoms with E-state index in [2.05, 4.69) is 15.6 Å². The van der Waals surface area contributed by atoms with Crippen LogP contribution in [0.4, 0.5) is 5.69 Å². The van der Waals surface area contributed by atoms with E-state index in [1.165, 1.54) is 0 Å². The molecule has 3 aromatic carbocycles. The number of carbonyl (C=O) groups excluding carboxylic acids is 1. The molecule has 0 aliphatic heterocycles. The molecule has 6 nitrogen and oxygen atoms in total. The van der Waals surface area contributed by atoms with Crippen LogP contribution in [0.2, 0.25) is 5.02 Å². The van der Waals surface area contributed by atoms with E-state index in [0.717, 1.165) is 27.9 Å². The van der Waals surface area contributed by atoms with Crippen LogP contribution in [-0.2, 0) is 11.2 Å². The predicted octanol–water partition coefficient (Wildman–Crippen LogP) is 5.27. The zero-order valence-corrected chi connectivity index (χ0v) is 18.8. The number of anilines is 1. The van der Waals surface area contributed by atoms with Crippen molar-refractivity contribution in [1.82, 2.24) is 10.3 Å². The molecule has 0 fully saturated rings. The lowest BCUT2D eigenvalue weighted by atomic mass is 10.1. The number of oxazole rings is 1. The number of hydrogen-bond donors (Lipinski definition) is 2. The summed E-state index contributed by atoms with van der Waals surface area (Å²) in [5.74, 6) is 0.850. The van der Waals surface area contributed by atoms with Gasteiger partial charge in [0.15, 0.2) is 23.2 Å². The first-order valence-corrected chi connectivity index (χ1v) is 10.7. The Morgan fingerprint density at radius 2 is 1.84 bits per heavy atom. The first-order chi connectivity index (χ1) is 15.4. The summed E-state index contributed by atoms with van der Waals surface area (Å²) in [4.78, 5) is 16.6. The van der Waals surface area contributed by atoms with Gasteiger partial charge >= 0.3 is 0 Å². The smallest absolute Gasteiger partial charge is 0.264 e. The molecule has 4 aromatic rings. The second kappa shape index (κ2) is 9.80. The highest BCUT2D eigenvalue weighted by molar-refractivity contribution is 7.80. The van der Waals surface area contributed by atoms with E-state index in [1.807, 2.05) is 49.4 Å². The van der Waals surface area contributed by atoms with E-state index >= 15 is 0 Å². The largest absolute Gasteiger partial charge is 0.484 e. The van der Waals surface area contributed by atoms with E-state index in [1.54, 1.807) is 24.3 Å². The molecule has 0 aliphatic rings. The molecule has 4 rings (SSSR count). The van der Waals surface area contributed by atoms with Crippen LogP contribution in [0, 0.1) is 6.92 Å². The van der Waals surface area contributed by atoms with Crippen LogP contribution in [0.15, 0.2) is 71.1 Å². The van der Waals surface area contributed by atoms with E-state index in [4.69, 9.17) is 33.0 Å². The Kier molecular flexibility index (Phi) is 6.68. The number of benzene rings is 3. The summed E-state index contributed by atoms with van der Waals surface area (Å²) >= 11 is 11.0. The second-order valence-corrected chi connectivity index (χ2v) is 8.04. The predicted molar refractivity (Wildman–Crippen MR) is 129 cm³/mol. The molecule has 0 saturated carbocycles.